The summed E-state index contributed by atoms with van der Waals surface area (Å²) in [6.07, 6.45) is 4.50. The molecule has 0 atom stereocenters. The van der Waals surface area contributed by atoms with E-state index in [1.54, 1.807) is 27.7 Å². The van der Waals surface area contributed by atoms with Crippen LogP contribution in [0.5, 0.6) is 0 Å². The molecule has 0 saturated carbocycles. The van der Waals surface area contributed by atoms with E-state index in [0.717, 1.165) is 37.6 Å². The van der Waals surface area contributed by atoms with Gasteiger partial charge in [0.15, 0.2) is 5.65 Å². The molecule has 1 aliphatic heterocycles. The predicted molar refractivity (Wildman–Crippen MR) is 144 cm³/mol. The van der Waals surface area contributed by atoms with Crippen LogP contribution in [-0.4, -0.2) is 61.6 Å². The third-order valence-electron chi connectivity index (χ3n) is 6.82. The van der Waals surface area contributed by atoms with Gasteiger partial charge in [0, 0.05) is 43.8 Å². The molecule has 0 aliphatic carbocycles. The van der Waals surface area contributed by atoms with Gasteiger partial charge in [0.2, 0.25) is 5.43 Å². The Morgan fingerprint density at radius 2 is 1.61 bits per heavy atom. The van der Waals surface area contributed by atoms with E-state index in [2.05, 4.69) is 32.0 Å². The largest absolute Gasteiger partial charge is 0.477 e. The first-order valence-corrected chi connectivity index (χ1v) is 12.3. The zero-order valence-electron chi connectivity index (χ0n) is 20.5. The number of pyridine rings is 2. The van der Waals surface area contributed by atoms with E-state index < -0.39 is 11.4 Å². The second-order valence-electron chi connectivity index (χ2n) is 9.16. The Bertz CT molecular complexity index is 1640. The molecule has 0 spiro atoms. The lowest BCUT2D eigenvalue weighted by Gasteiger charge is -2.36. The first kappa shape index (κ1) is 23.4. The number of aromatic nitrogens is 5. The van der Waals surface area contributed by atoms with Gasteiger partial charge in [-0.15, -0.1) is 0 Å². The zero-order chi connectivity index (χ0) is 26.1. The van der Waals surface area contributed by atoms with E-state index in [1.807, 2.05) is 42.5 Å². The summed E-state index contributed by atoms with van der Waals surface area (Å²) in [5.74, 6) is -0.515. The lowest BCUT2D eigenvalue weighted by Crippen LogP contribution is -2.46. The van der Waals surface area contributed by atoms with Crippen LogP contribution < -0.4 is 15.2 Å². The highest BCUT2D eigenvalue weighted by molar-refractivity contribution is 5.92. The smallest absolute Gasteiger partial charge is 0.341 e. The van der Waals surface area contributed by atoms with Gasteiger partial charge in [-0.3, -0.25) is 4.79 Å². The van der Waals surface area contributed by atoms with Crippen molar-refractivity contribution >= 4 is 28.5 Å². The number of carboxylic acid groups (broad SMARTS) is 1. The number of carbonyl (C=O) groups is 1. The third-order valence-corrected chi connectivity index (χ3v) is 6.82. The van der Waals surface area contributed by atoms with E-state index in [1.165, 1.54) is 18.2 Å². The van der Waals surface area contributed by atoms with Crippen molar-refractivity contribution in [2.75, 3.05) is 36.0 Å². The summed E-state index contributed by atoms with van der Waals surface area (Å²) in [5, 5.41) is 14.1. The molecule has 0 radical (unpaired) electrons. The molecule has 1 N–H and O–H groups in total. The molecule has 1 aliphatic rings. The Balaban J connectivity index is 1.34. The van der Waals surface area contributed by atoms with Crippen LogP contribution in [0.3, 0.4) is 0 Å². The van der Waals surface area contributed by atoms with Crippen molar-refractivity contribution in [3.63, 3.8) is 0 Å². The van der Waals surface area contributed by atoms with Gasteiger partial charge in [-0.2, -0.15) is 5.10 Å². The maximum atomic E-state index is 13.0. The van der Waals surface area contributed by atoms with Crippen LogP contribution in [0.15, 0.2) is 90.4 Å². The van der Waals surface area contributed by atoms with Gasteiger partial charge >= 0.3 is 5.97 Å². The van der Waals surface area contributed by atoms with E-state index in [0.29, 0.717) is 17.9 Å². The van der Waals surface area contributed by atoms with Crippen LogP contribution >= 0.6 is 0 Å². The molecular weight excluding hydrogens is 482 g/mol. The maximum absolute atomic E-state index is 13.0. The minimum absolute atomic E-state index is 0.267. The molecule has 190 valence electrons. The molecule has 2 aromatic carbocycles. The summed E-state index contributed by atoms with van der Waals surface area (Å²) < 4.78 is 3.40. The molecule has 10 heteroatoms. The van der Waals surface area contributed by atoms with Gasteiger partial charge in [-0.1, -0.05) is 30.3 Å². The zero-order valence-corrected chi connectivity index (χ0v) is 20.5. The number of hydrogen-bond donors (Lipinski definition) is 1. The second kappa shape index (κ2) is 9.81. The fraction of sp³-hybridized carbons (Fsp3) is 0.179. The van der Waals surface area contributed by atoms with Gasteiger partial charge in [-0.25, -0.2) is 19.4 Å². The van der Waals surface area contributed by atoms with Gasteiger partial charge in [0.25, 0.3) is 0 Å². The standard InChI is InChI=1S/C28H25N7O3/c36-26-23-10-11-25(33-14-12-32(13-15-33)21-4-2-1-3-5-21)31-27(23)35(17-24(26)28(37)38)22-8-6-20(7-9-22)16-34-19-29-18-30-34/h1-11,17-19H,12-16H2,(H,37,38). The van der Waals surface area contributed by atoms with E-state index >= 15 is 0 Å². The Morgan fingerprint density at radius 3 is 2.29 bits per heavy atom. The Hall–Kier alpha value is -4.99. The lowest BCUT2D eigenvalue weighted by atomic mass is 10.1. The minimum atomic E-state index is -1.27. The number of anilines is 2. The van der Waals surface area contributed by atoms with Gasteiger partial charge in [0.1, 0.15) is 24.0 Å². The van der Waals surface area contributed by atoms with Crippen LogP contribution in [0.25, 0.3) is 16.7 Å². The number of nitrogens with zero attached hydrogens (tertiary/aromatic N) is 7. The van der Waals surface area contributed by atoms with Crippen molar-refractivity contribution in [2.45, 2.75) is 6.54 Å². The van der Waals surface area contributed by atoms with Crippen molar-refractivity contribution in [1.82, 2.24) is 24.3 Å². The first-order chi connectivity index (χ1) is 18.6. The van der Waals surface area contributed by atoms with Crippen molar-refractivity contribution in [1.29, 1.82) is 0 Å². The molecule has 1 saturated heterocycles. The molecule has 4 heterocycles. The number of benzene rings is 2. The maximum Gasteiger partial charge on any atom is 0.341 e. The fourth-order valence-corrected chi connectivity index (χ4v) is 4.81. The lowest BCUT2D eigenvalue weighted by molar-refractivity contribution is 0.0695. The number of aromatic carboxylic acids is 1. The second-order valence-corrected chi connectivity index (χ2v) is 9.16. The van der Waals surface area contributed by atoms with Crippen LogP contribution in [0, 0.1) is 0 Å². The number of carboxylic acids is 1. The van der Waals surface area contributed by atoms with Crippen molar-refractivity contribution < 1.29 is 9.90 Å². The van der Waals surface area contributed by atoms with Crippen molar-refractivity contribution in [3.05, 3.63) is 107 Å². The molecule has 5 aromatic rings. The third kappa shape index (κ3) is 4.47. The molecular formula is C28H25N7O3. The van der Waals surface area contributed by atoms with Crippen molar-refractivity contribution in [3.8, 4) is 5.69 Å². The SMILES string of the molecule is O=C(O)c1cn(-c2ccc(Cn3cncn3)cc2)c2nc(N3CCN(c4ccccc4)CC3)ccc2c1=O. The predicted octanol–water partition coefficient (Wildman–Crippen LogP) is 3.05. The Kier molecular flexibility index (Phi) is 6.04. The monoisotopic (exact) mass is 507 g/mol. The molecule has 0 bridgehead atoms. The highest BCUT2D eigenvalue weighted by Gasteiger charge is 2.21. The molecule has 0 amide bonds. The Morgan fingerprint density at radius 1 is 0.868 bits per heavy atom. The first-order valence-electron chi connectivity index (χ1n) is 12.3. The van der Waals surface area contributed by atoms with E-state index in [-0.39, 0.29) is 10.9 Å². The van der Waals surface area contributed by atoms with Crippen LogP contribution in [-0.2, 0) is 6.54 Å². The summed E-state index contributed by atoms with van der Waals surface area (Å²) >= 11 is 0. The van der Waals surface area contributed by atoms with Crippen molar-refractivity contribution in [2.24, 2.45) is 0 Å². The molecule has 6 rings (SSSR count). The van der Waals surface area contributed by atoms with E-state index in [4.69, 9.17) is 4.98 Å². The number of rotatable bonds is 6. The van der Waals surface area contributed by atoms with Crippen LogP contribution in [0.4, 0.5) is 11.5 Å². The number of hydrogen-bond acceptors (Lipinski definition) is 7. The topological polar surface area (TPSA) is 109 Å². The van der Waals surface area contributed by atoms with Gasteiger partial charge in [0.05, 0.1) is 11.9 Å². The minimum Gasteiger partial charge on any atom is -0.477 e. The summed E-state index contributed by atoms with van der Waals surface area (Å²) in [4.78, 5) is 38.3. The number of fused-ring (bicyclic) bond motifs is 1. The van der Waals surface area contributed by atoms with Gasteiger partial charge < -0.3 is 19.5 Å². The molecule has 3 aromatic heterocycles. The van der Waals surface area contributed by atoms with Crippen LogP contribution in [0.2, 0.25) is 0 Å². The summed E-state index contributed by atoms with van der Waals surface area (Å²) in [6, 6.07) is 21.4. The van der Waals surface area contributed by atoms with E-state index in [9.17, 15) is 14.7 Å². The highest BCUT2D eigenvalue weighted by atomic mass is 16.4. The molecule has 0 unspecified atom stereocenters. The van der Waals surface area contributed by atoms with Gasteiger partial charge in [-0.05, 0) is 42.0 Å². The molecule has 38 heavy (non-hydrogen) atoms. The summed E-state index contributed by atoms with van der Waals surface area (Å²) in [7, 11) is 0. The summed E-state index contributed by atoms with van der Waals surface area (Å²) in [5.41, 5.74) is 2.49. The number of piperazine rings is 1. The quantitative estimate of drug-likeness (QED) is 0.374. The fourth-order valence-electron chi connectivity index (χ4n) is 4.81. The molecule has 1 fully saturated rings. The number of para-hydroxylation sites is 1. The average molecular weight is 508 g/mol. The normalized spacial score (nSPS) is 13.7. The van der Waals surface area contributed by atoms with Crippen LogP contribution in [0.1, 0.15) is 15.9 Å². The highest BCUT2D eigenvalue weighted by Crippen LogP contribution is 2.23. The average Bonchev–Trinajstić information content (AvgIpc) is 3.47. The molecule has 10 nitrogen and oxygen atoms in total. The summed E-state index contributed by atoms with van der Waals surface area (Å²) in [6.45, 7) is 3.82. The Labute approximate surface area is 218 Å².